The second-order valence-corrected chi connectivity index (χ2v) is 2.24. The van der Waals surface area contributed by atoms with Gasteiger partial charge in [0, 0.05) is 18.0 Å². The molecule has 0 aliphatic carbocycles. The second kappa shape index (κ2) is 6.26. The fraction of sp³-hybridized carbons (Fsp3) is 0.125. The van der Waals surface area contributed by atoms with Gasteiger partial charge in [0.2, 0.25) is 0 Å². The Morgan fingerprint density at radius 2 is 1.93 bits per heavy atom. The van der Waals surface area contributed by atoms with Crippen LogP contribution >= 0.6 is 0 Å². The molecule has 0 aromatic carbocycles. The molecule has 0 saturated carbocycles. The SMILES string of the molecule is COC(=O)c1cncc(C(=O)[O-])c1.[K+]. The third-order valence-electron chi connectivity index (χ3n) is 1.40. The van der Waals surface area contributed by atoms with Crippen molar-refractivity contribution in [1.29, 1.82) is 0 Å². The third kappa shape index (κ3) is 3.47. The average molecular weight is 219 g/mol. The first kappa shape index (κ1) is 13.7. The summed E-state index contributed by atoms with van der Waals surface area (Å²) in [5.41, 5.74) is -0.0629. The molecule has 0 spiro atoms. The van der Waals surface area contributed by atoms with E-state index in [0.29, 0.717) is 0 Å². The fourth-order valence-corrected chi connectivity index (χ4v) is 0.781. The largest absolute Gasteiger partial charge is 1.00 e. The Labute approximate surface area is 123 Å². The number of carboxylic acids is 1. The zero-order valence-corrected chi connectivity index (χ0v) is 10.9. The molecule has 1 heterocycles. The van der Waals surface area contributed by atoms with Gasteiger partial charge in [0.1, 0.15) is 0 Å². The Balaban J connectivity index is 0.00000169. The Kier molecular flexibility index (Phi) is 6.13. The van der Waals surface area contributed by atoms with Crippen LogP contribution < -0.4 is 56.5 Å². The molecule has 0 aliphatic heterocycles. The summed E-state index contributed by atoms with van der Waals surface area (Å²) >= 11 is 0. The number of aromatic carboxylic acids is 1. The summed E-state index contributed by atoms with van der Waals surface area (Å²) in [5.74, 6) is -2.01. The van der Waals surface area contributed by atoms with Crippen molar-refractivity contribution in [2.75, 3.05) is 7.11 Å². The van der Waals surface area contributed by atoms with Gasteiger partial charge < -0.3 is 14.6 Å². The Hall–Kier alpha value is -0.274. The number of hydrogen-bond donors (Lipinski definition) is 0. The first-order chi connectivity index (χ1) is 6.15. The van der Waals surface area contributed by atoms with Crippen molar-refractivity contribution in [3.63, 3.8) is 0 Å². The van der Waals surface area contributed by atoms with Crippen molar-refractivity contribution in [2.45, 2.75) is 0 Å². The number of rotatable bonds is 2. The van der Waals surface area contributed by atoms with Gasteiger partial charge >= 0.3 is 57.4 Å². The van der Waals surface area contributed by atoms with E-state index in [1.807, 2.05) is 0 Å². The zero-order valence-electron chi connectivity index (χ0n) is 7.81. The number of pyridine rings is 1. The number of carbonyl (C=O) groups excluding carboxylic acids is 2. The van der Waals surface area contributed by atoms with Gasteiger partial charge in [-0.05, 0) is 6.07 Å². The van der Waals surface area contributed by atoms with Gasteiger partial charge in [-0.3, -0.25) is 4.98 Å². The third-order valence-corrected chi connectivity index (χ3v) is 1.40. The van der Waals surface area contributed by atoms with Gasteiger partial charge in [0.05, 0.1) is 18.6 Å². The molecule has 0 unspecified atom stereocenters. The summed E-state index contributed by atoms with van der Waals surface area (Å²) in [4.78, 5) is 24.8. The maximum Gasteiger partial charge on any atom is 1.00 e. The van der Waals surface area contributed by atoms with E-state index >= 15 is 0 Å². The number of nitrogens with zero attached hydrogens (tertiary/aromatic N) is 1. The molecule has 1 aromatic heterocycles. The topological polar surface area (TPSA) is 79.3 Å². The van der Waals surface area contributed by atoms with Crippen LogP contribution in [0.3, 0.4) is 0 Å². The van der Waals surface area contributed by atoms with Gasteiger partial charge in [-0.2, -0.15) is 0 Å². The van der Waals surface area contributed by atoms with E-state index in [9.17, 15) is 14.7 Å². The number of ether oxygens (including phenoxy) is 1. The zero-order chi connectivity index (χ0) is 9.84. The molecule has 6 heteroatoms. The average Bonchev–Trinajstić information content (AvgIpc) is 2.17. The molecule has 0 bridgehead atoms. The second-order valence-electron chi connectivity index (χ2n) is 2.24. The van der Waals surface area contributed by atoms with Crippen LogP contribution in [-0.4, -0.2) is 24.0 Å². The van der Waals surface area contributed by atoms with Crippen LogP contribution in [0.2, 0.25) is 0 Å². The summed E-state index contributed by atoms with van der Waals surface area (Å²) in [6.45, 7) is 0. The summed E-state index contributed by atoms with van der Waals surface area (Å²) in [7, 11) is 1.20. The molecule has 14 heavy (non-hydrogen) atoms. The number of carboxylic acid groups (broad SMARTS) is 1. The molecule has 0 saturated heterocycles. The van der Waals surface area contributed by atoms with Gasteiger partial charge in [-0.15, -0.1) is 0 Å². The van der Waals surface area contributed by atoms with Crippen molar-refractivity contribution in [3.05, 3.63) is 29.6 Å². The molecule has 0 atom stereocenters. The Morgan fingerprint density at radius 3 is 2.43 bits per heavy atom. The van der Waals surface area contributed by atoms with Gasteiger partial charge in [-0.25, -0.2) is 4.79 Å². The standard InChI is InChI=1S/C8H7NO4.K/c1-13-8(12)6-2-5(7(10)11)3-9-4-6;/h2-4H,1H3,(H,10,11);/q;+1/p-1. The van der Waals surface area contributed by atoms with Crippen molar-refractivity contribution >= 4 is 11.9 Å². The van der Waals surface area contributed by atoms with Crippen LogP contribution in [0.5, 0.6) is 0 Å². The minimum Gasteiger partial charge on any atom is -0.545 e. The number of esters is 1. The molecule has 0 aliphatic rings. The summed E-state index contributed by atoms with van der Waals surface area (Å²) < 4.78 is 4.38. The molecule has 0 radical (unpaired) electrons. The molecule has 0 fully saturated rings. The molecular weight excluding hydrogens is 213 g/mol. The van der Waals surface area contributed by atoms with Crippen LogP contribution in [0.15, 0.2) is 18.5 Å². The number of carbonyl (C=O) groups is 2. The molecule has 68 valence electrons. The molecule has 1 aromatic rings. The predicted octanol–water partition coefficient (Wildman–Crippen LogP) is -3.76. The van der Waals surface area contributed by atoms with Crippen LogP contribution in [0.25, 0.3) is 0 Å². The van der Waals surface area contributed by atoms with Gasteiger partial charge in [0.25, 0.3) is 0 Å². The first-order valence-corrected chi connectivity index (χ1v) is 3.40. The molecule has 0 amide bonds. The normalized spacial score (nSPS) is 8.64. The smallest absolute Gasteiger partial charge is 0.545 e. The quantitative estimate of drug-likeness (QED) is 0.377. The van der Waals surface area contributed by atoms with E-state index in [-0.39, 0.29) is 62.5 Å². The van der Waals surface area contributed by atoms with E-state index < -0.39 is 11.9 Å². The minimum atomic E-state index is -1.38. The predicted molar refractivity (Wildman–Crippen MR) is 39.9 cm³/mol. The maximum absolute atomic E-state index is 10.9. The number of aromatic nitrogens is 1. The van der Waals surface area contributed by atoms with E-state index in [2.05, 4.69) is 9.72 Å². The monoisotopic (exact) mass is 219 g/mol. The summed E-state index contributed by atoms with van der Waals surface area (Å²) in [6.07, 6.45) is 2.32. The van der Waals surface area contributed by atoms with E-state index in [1.165, 1.54) is 13.3 Å². The van der Waals surface area contributed by atoms with Crippen molar-refractivity contribution in [3.8, 4) is 0 Å². The number of hydrogen-bond acceptors (Lipinski definition) is 5. The van der Waals surface area contributed by atoms with E-state index in [0.717, 1.165) is 12.3 Å². The van der Waals surface area contributed by atoms with Crippen LogP contribution in [0.4, 0.5) is 0 Å². The van der Waals surface area contributed by atoms with Crippen molar-refractivity contribution in [2.24, 2.45) is 0 Å². The first-order valence-electron chi connectivity index (χ1n) is 3.40. The van der Waals surface area contributed by atoms with E-state index in [4.69, 9.17) is 0 Å². The van der Waals surface area contributed by atoms with Gasteiger partial charge in [0.15, 0.2) is 0 Å². The van der Waals surface area contributed by atoms with Crippen LogP contribution in [0, 0.1) is 0 Å². The maximum atomic E-state index is 10.9. The van der Waals surface area contributed by atoms with E-state index in [1.54, 1.807) is 0 Å². The van der Waals surface area contributed by atoms with Crippen LogP contribution in [-0.2, 0) is 4.74 Å². The van der Waals surface area contributed by atoms with Crippen molar-refractivity contribution < 1.29 is 70.8 Å². The summed E-state index contributed by atoms with van der Waals surface area (Å²) in [6, 6.07) is 1.15. The van der Waals surface area contributed by atoms with Crippen molar-refractivity contribution in [1.82, 2.24) is 4.98 Å². The van der Waals surface area contributed by atoms with Crippen LogP contribution in [0.1, 0.15) is 20.7 Å². The molecule has 1 rings (SSSR count). The fourth-order valence-electron chi connectivity index (χ4n) is 0.781. The molecule has 0 N–H and O–H groups in total. The minimum absolute atomic E-state index is 0. The molecular formula is C8H6KNO4. The van der Waals surface area contributed by atoms with Gasteiger partial charge in [-0.1, -0.05) is 0 Å². The Bertz CT molecular complexity index is 353. The number of methoxy groups -OCH3 is 1. The summed E-state index contributed by atoms with van der Waals surface area (Å²) in [5, 5.41) is 10.4. The Morgan fingerprint density at radius 1 is 1.36 bits per heavy atom. The molecule has 5 nitrogen and oxygen atoms in total.